The Morgan fingerprint density at radius 3 is 2.33 bits per heavy atom. The Labute approximate surface area is 81.8 Å². The van der Waals surface area contributed by atoms with Crippen molar-refractivity contribution < 1.29 is 18.0 Å². The minimum atomic E-state index is -0.190. The average molecular weight is 230 g/mol. The second kappa shape index (κ2) is 5.71. The fourth-order valence-corrected chi connectivity index (χ4v) is 1.88. The zero-order valence-electron chi connectivity index (χ0n) is 6.38. The van der Waals surface area contributed by atoms with Crippen LogP contribution in [0.1, 0.15) is 0 Å². The van der Waals surface area contributed by atoms with Crippen LogP contribution >= 0.6 is 31.8 Å². The molecule has 0 N–H and O–H groups in total. The Balaban J connectivity index is 2.52. The fraction of sp³-hybridized carbons (Fsp3) is 1.00. The van der Waals surface area contributed by atoms with Crippen molar-refractivity contribution >= 4 is 31.8 Å². The van der Waals surface area contributed by atoms with Crippen molar-refractivity contribution in [3.8, 4) is 0 Å². The molecule has 7 heteroatoms. The number of hydrogen-bond acceptors (Lipinski definition) is 5. The highest BCUT2D eigenvalue weighted by molar-refractivity contribution is 7.75. The van der Waals surface area contributed by atoms with E-state index in [1.165, 1.54) is 0 Å². The highest BCUT2D eigenvalue weighted by Gasteiger charge is 2.35. The van der Waals surface area contributed by atoms with Gasteiger partial charge in [-0.15, -0.1) is 0 Å². The van der Waals surface area contributed by atoms with Crippen LogP contribution < -0.4 is 0 Å². The van der Waals surface area contributed by atoms with Crippen molar-refractivity contribution in [1.29, 1.82) is 0 Å². The number of ether oxygens (including phenoxy) is 1. The van der Waals surface area contributed by atoms with Gasteiger partial charge < -0.3 is 18.0 Å². The summed E-state index contributed by atoms with van der Waals surface area (Å²) in [6.45, 7) is 0.989. The predicted octanol–water partition coefficient (Wildman–Crippen LogP) is 0.597. The standard InChI is InChI=1S/C5H12O4P2S/c10-7-3-1-6-2-4(9-12)5(3)8-11/h3-5,12H,1-2,10-11H2/t3-,4-,5-/m1/s1. The quantitative estimate of drug-likeness (QED) is 0.437. The summed E-state index contributed by atoms with van der Waals surface area (Å²) in [5.74, 6) is 0. The first-order valence-corrected chi connectivity index (χ1v) is 4.73. The number of hydrogen-bond donors (Lipinski definition) is 1. The van der Waals surface area contributed by atoms with Gasteiger partial charge in [0.05, 0.1) is 13.2 Å². The molecule has 1 fully saturated rings. The van der Waals surface area contributed by atoms with E-state index < -0.39 is 0 Å². The van der Waals surface area contributed by atoms with Crippen LogP contribution in [0.5, 0.6) is 0 Å². The molecule has 4 nitrogen and oxygen atoms in total. The van der Waals surface area contributed by atoms with Crippen LogP contribution in [-0.2, 0) is 18.0 Å². The summed E-state index contributed by atoms with van der Waals surface area (Å²) in [5, 5.41) is 0. The number of rotatable bonds is 3. The third-order valence-electron chi connectivity index (χ3n) is 1.76. The highest BCUT2D eigenvalue weighted by Crippen LogP contribution is 2.22. The molecule has 0 spiro atoms. The normalized spacial score (nSPS) is 36.8. The molecular weight excluding hydrogens is 218 g/mol. The summed E-state index contributed by atoms with van der Waals surface area (Å²) in [6, 6.07) is 0. The first kappa shape index (κ1) is 11.1. The number of thiol groups is 1. The lowest BCUT2D eigenvalue weighted by atomic mass is 10.1. The SMILES string of the molecule is PO[C@@H]1[C@H](OP)COC[C@H]1OS. The van der Waals surface area contributed by atoms with Crippen molar-refractivity contribution in [3.05, 3.63) is 0 Å². The maximum absolute atomic E-state index is 5.21. The molecule has 1 heterocycles. The third-order valence-corrected chi connectivity index (χ3v) is 2.70. The minimum absolute atomic E-state index is 0.126. The molecule has 0 amide bonds. The van der Waals surface area contributed by atoms with Gasteiger partial charge in [-0.25, -0.2) is 0 Å². The van der Waals surface area contributed by atoms with Gasteiger partial charge in [-0.2, -0.15) is 0 Å². The summed E-state index contributed by atoms with van der Waals surface area (Å²) in [7, 11) is 4.38. The molecule has 0 aromatic heterocycles. The predicted molar refractivity (Wildman–Crippen MR) is 53.8 cm³/mol. The molecule has 72 valence electrons. The first-order valence-electron chi connectivity index (χ1n) is 3.42. The van der Waals surface area contributed by atoms with Crippen molar-refractivity contribution in [3.63, 3.8) is 0 Å². The van der Waals surface area contributed by atoms with Crippen molar-refractivity contribution in [1.82, 2.24) is 0 Å². The molecule has 0 aromatic rings. The molecule has 0 aromatic carbocycles. The molecule has 0 aliphatic carbocycles. The zero-order valence-corrected chi connectivity index (χ0v) is 9.58. The lowest BCUT2D eigenvalue weighted by Gasteiger charge is -2.34. The van der Waals surface area contributed by atoms with E-state index in [2.05, 4.69) is 31.8 Å². The summed E-state index contributed by atoms with van der Waals surface area (Å²) in [5.41, 5.74) is 0. The second-order valence-corrected chi connectivity index (χ2v) is 3.21. The lowest BCUT2D eigenvalue weighted by Crippen LogP contribution is -2.48. The maximum Gasteiger partial charge on any atom is 0.124 e. The molecule has 5 atom stereocenters. The Bertz CT molecular complexity index is 127. The molecule has 1 aliphatic heterocycles. The van der Waals surface area contributed by atoms with Gasteiger partial charge in [-0.05, 0) is 12.9 Å². The monoisotopic (exact) mass is 230 g/mol. The Morgan fingerprint density at radius 1 is 1.17 bits per heavy atom. The van der Waals surface area contributed by atoms with E-state index >= 15 is 0 Å². The third kappa shape index (κ3) is 2.52. The van der Waals surface area contributed by atoms with Crippen LogP contribution in [0, 0.1) is 0 Å². The second-order valence-electron chi connectivity index (χ2n) is 2.46. The Kier molecular flexibility index (Phi) is 5.30. The van der Waals surface area contributed by atoms with Gasteiger partial charge in [0.15, 0.2) is 0 Å². The van der Waals surface area contributed by atoms with Gasteiger partial charge in [-0.3, -0.25) is 0 Å². The minimum Gasteiger partial charge on any atom is -0.376 e. The smallest absolute Gasteiger partial charge is 0.124 e. The Hall–Kier alpha value is 1.05. The van der Waals surface area contributed by atoms with Crippen LogP contribution in [0.25, 0.3) is 0 Å². The van der Waals surface area contributed by atoms with E-state index in [1.807, 2.05) is 0 Å². The van der Waals surface area contributed by atoms with E-state index in [4.69, 9.17) is 18.0 Å². The molecule has 1 rings (SSSR count). The topological polar surface area (TPSA) is 36.9 Å². The van der Waals surface area contributed by atoms with Gasteiger partial charge in [0, 0.05) is 18.9 Å². The molecule has 0 bridgehead atoms. The average Bonchev–Trinajstić information content (AvgIpc) is 2.16. The van der Waals surface area contributed by atoms with E-state index in [-0.39, 0.29) is 18.3 Å². The lowest BCUT2D eigenvalue weighted by molar-refractivity contribution is -0.109. The van der Waals surface area contributed by atoms with Crippen molar-refractivity contribution in [2.75, 3.05) is 13.2 Å². The van der Waals surface area contributed by atoms with Crippen LogP contribution in [0.2, 0.25) is 0 Å². The molecular formula is C5H12O4P2S. The van der Waals surface area contributed by atoms with E-state index in [9.17, 15) is 0 Å². The van der Waals surface area contributed by atoms with Gasteiger partial charge in [0.25, 0.3) is 0 Å². The van der Waals surface area contributed by atoms with E-state index in [0.29, 0.717) is 13.2 Å². The van der Waals surface area contributed by atoms with Crippen LogP contribution in [-0.4, -0.2) is 31.5 Å². The molecule has 1 saturated heterocycles. The molecule has 0 radical (unpaired) electrons. The van der Waals surface area contributed by atoms with Crippen LogP contribution in [0.4, 0.5) is 0 Å². The maximum atomic E-state index is 5.21. The zero-order chi connectivity index (χ0) is 8.97. The van der Waals surface area contributed by atoms with Gasteiger partial charge in [0.1, 0.15) is 18.3 Å². The van der Waals surface area contributed by atoms with E-state index in [1.54, 1.807) is 0 Å². The molecule has 2 unspecified atom stereocenters. The van der Waals surface area contributed by atoms with Crippen molar-refractivity contribution in [2.45, 2.75) is 18.3 Å². The van der Waals surface area contributed by atoms with Crippen LogP contribution in [0.15, 0.2) is 0 Å². The Morgan fingerprint density at radius 2 is 1.83 bits per heavy atom. The summed E-state index contributed by atoms with van der Waals surface area (Å²) in [4.78, 5) is 0. The summed E-state index contributed by atoms with van der Waals surface area (Å²) in [6.07, 6.45) is -0.470. The summed E-state index contributed by atoms with van der Waals surface area (Å²) < 4.78 is 20.3. The largest absolute Gasteiger partial charge is 0.376 e. The van der Waals surface area contributed by atoms with Crippen molar-refractivity contribution in [2.24, 2.45) is 0 Å². The van der Waals surface area contributed by atoms with Gasteiger partial charge >= 0.3 is 0 Å². The summed E-state index contributed by atoms with van der Waals surface area (Å²) >= 11 is 3.72. The van der Waals surface area contributed by atoms with Gasteiger partial charge in [-0.1, -0.05) is 0 Å². The first-order chi connectivity index (χ1) is 5.83. The molecule has 0 saturated carbocycles. The van der Waals surface area contributed by atoms with Crippen LogP contribution in [0.3, 0.4) is 0 Å². The fourth-order valence-electron chi connectivity index (χ4n) is 1.11. The van der Waals surface area contributed by atoms with Gasteiger partial charge in [0.2, 0.25) is 0 Å². The van der Waals surface area contributed by atoms with E-state index in [0.717, 1.165) is 0 Å². The highest BCUT2D eigenvalue weighted by atomic mass is 32.1. The molecule has 1 aliphatic rings. The molecule has 12 heavy (non-hydrogen) atoms.